The lowest BCUT2D eigenvalue weighted by atomic mass is 9.78. The zero-order chi connectivity index (χ0) is 12.3. The summed E-state index contributed by atoms with van der Waals surface area (Å²) < 4.78 is 0. The predicted octanol–water partition coefficient (Wildman–Crippen LogP) is 2.15. The summed E-state index contributed by atoms with van der Waals surface area (Å²) >= 11 is 0. The van der Waals surface area contributed by atoms with Gasteiger partial charge in [0.25, 0.3) is 0 Å². The first kappa shape index (κ1) is 12.9. The minimum absolute atomic E-state index is 0.180. The first-order valence-corrected chi connectivity index (χ1v) is 7.23. The molecule has 0 spiro atoms. The Morgan fingerprint density at radius 3 is 2.53 bits per heavy atom. The van der Waals surface area contributed by atoms with E-state index < -0.39 is 0 Å². The fourth-order valence-corrected chi connectivity index (χ4v) is 3.32. The highest BCUT2D eigenvalue weighted by Crippen LogP contribution is 2.30. The van der Waals surface area contributed by atoms with Crippen LogP contribution in [-0.2, 0) is 4.79 Å². The Morgan fingerprint density at radius 2 is 1.88 bits per heavy atom. The van der Waals surface area contributed by atoms with Crippen molar-refractivity contribution in [3.63, 3.8) is 0 Å². The fourth-order valence-electron chi connectivity index (χ4n) is 3.32. The number of nitrogens with zero attached hydrogens (tertiary/aromatic N) is 1. The molecule has 1 aliphatic heterocycles. The average Bonchev–Trinajstić information content (AvgIpc) is 2.38. The van der Waals surface area contributed by atoms with Gasteiger partial charge in [-0.3, -0.25) is 4.79 Å². The van der Waals surface area contributed by atoms with E-state index in [1.54, 1.807) is 0 Å². The van der Waals surface area contributed by atoms with Crippen LogP contribution in [0.3, 0.4) is 0 Å². The number of carbonyl (C=O) groups excluding carboxylic acids is 1. The second kappa shape index (κ2) is 5.85. The van der Waals surface area contributed by atoms with Crippen LogP contribution in [-0.4, -0.2) is 29.9 Å². The first-order valence-electron chi connectivity index (χ1n) is 7.23. The van der Waals surface area contributed by atoms with E-state index in [4.69, 9.17) is 5.73 Å². The van der Waals surface area contributed by atoms with Crippen molar-refractivity contribution in [1.29, 1.82) is 0 Å². The Balaban J connectivity index is 1.89. The van der Waals surface area contributed by atoms with E-state index in [9.17, 15) is 4.79 Å². The molecule has 17 heavy (non-hydrogen) atoms. The molecule has 3 nitrogen and oxygen atoms in total. The molecule has 3 atom stereocenters. The van der Waals surface area contributed by atoms with E-state index in [2.05, 4.69) is 11.8 Å². The summed E-state index contributed by atoms with van der Waals surface area (Å²) in [7, 11) is 0. The molecule has 0 aromatic heterocycles. The van der Waals surface area contributed by atoms with E-state index in [1.165, 1.54) is 32.1 Å². The van der Waals surface area contributed by atoms with Gasteiger partial charge < -0.3 is 10.6 Å². The molecule has 0 radical (unpaired) electrons. The molecule has 3 unspecified atom stereocenters. The maximum atomic E-state index is 12.4. The quantitative estimate of drug-likeness (QED) is 0.801. The van der Waals surface area contributed by atoms with Crippen molar-refractivity contribution in [2.24, 2.45) is 17.6 Å². The summed E-state index contributed by atoms with van der Waals surface area (Å²) in [5.74, 6) is 1.08. The Bertz CT molecular complexity index is 261. The maximum Gasteiger partial charge on any atom is 0.225 e. The lowest BCUT2D eigenvalue weighted by molar-refractivity contribution is -0.138. The Labute approximate surface area is 105 Å². The molecule has 0 aromatic rings. The van der Waals surface area contributed by atoms with Gasteiger partial charge in [0.2, 0.25) is 5.91 Å². The predicted molar refractivity (Wildman–Crippen MR) is 69.5 cm³/mol. The SMILES string of the molecule is CC(C(=O)N1CCCCC1)C1CCCC(N)C1. The molecule has 1 aliphatic carbocycles. The van der Waals surface area contributed by atoms with E-state index in [0.29, 0.717) is 17.9 Å². The molecule has 2 rings (SSSR count). The Hall–Kier alpha value is -0.570. The minimum Gasteiger partial charge on any atom is -0.342 e. The molecule has 0 bridgehead atoms. The van der Waals surface area contributed by atoms with Crippen LogP contribution in [0.4, 0.5) is 0 Å². The van der Waals surface area contributed by atoms with Crippen LogP contribution in [0, 0.1) is 11.8 Å². The van der Waals surface area contributed by atoms with Crippen molar-refractivity contribution >= 4 is 5.91 Å². The van der Waals surface area contributed by atoms with Gasteiger partial charge in [-0.25, -0.2) is 0 Å². The number of carbonyl (C=O) groups is 1. The molecule has 0 aromatic carbocycles. The number of nitrogens with two attached hydrogens (primary N) is 1. The molecule has 3 heteroatoms. The summed E-state index contributed by atoms with van der Waals surface area (Å²) in [6.07, 6.45) is 8.22. The molecule has 1 saturated carbocycles. The van der Waals surface area contributed by atoms with Crippen LogP contribution >= 0.6 is 0 Å². The van der Waals surface area contributed by atoms with Crippen LogP contribution in [0.5, 0.6) is 0 Å². The van der Waals surface area contributed by atoms with E-state index in [1.807, 2.05) is 0 Å². The topological polar surface area (TPSA) is 46.3 Å². The molecule has 1 amide bonds. The summed E-state index contributed by atoms with van der Waals surface area (Å²) in [4.78, 5) is 14.5. The first-order chi connectivity index (χ1) is 8.18. The van der Waals surface area contributed by atoms with Crippen LogP contribution < -0.4 is 5.73 Å². The summed E-state index contributed by atoms with van der Waals surface area (Å²) in [5, 5.41) is 0. The molecule has 1 heterocycles. The lowest BCUT2D eigenvalue weighted by Gasteiger charge is -2.35. The van der Waals surface area contributed by atoms with Gasteiger partial charge in [0.15, 0.2) is 0 Å². The van der Waals surface area contributed by atoms with Crippen LogP contribution in [0.25, 0.3) is 0 Å². The van der Waals surface area contributed by atoms with E-state index in [-0.39, 0.29) is 5.92 Å². The van der Waals surface area contributed by atoms with Gasteiger partial charge in [0.1, 0.15) is 0 Å². The van der Waals surface area contributed by atoms with Crippen LogP contribution in [0.15, 0.2) is 0 Å². The van der Waals surface area contributed by atoms with Gasteiger partial charge in [-0.05, 0) is 44.4 Å². The van der Waals surface area contributed by atoms with Crippen molar-refractivity contribution < 1.29 is 4.79 Å². The fraction of sp³-hybridized carbons (Fsp3) is 0.929. The number of piperidine rings is 1. The summed E-state index contributed by atoms with van der Waals surface area (Å²) in [6.45, 7) is 4.06. The van der Waals surface area contributed by atoms with Crippen molar-refractivity contribution in [2.45, 2.75) is 57.9 Å². The Morgan fingerprint density at radius 1 is 1.18 bits per heavy atom. The standard InChI is InChI=1S/C14H26N2O/c1-11(12-6-5-7-13(15)10-12)14(17)16-8-3-2-4-9-16/h11-13H,2-10,15H2,1H3. The van der Waals surface area contributed by atoms with Gasteiger partial charge in [-0.1, -0.05) is 13.3 Å². The average molecular weight is 238 g/mol. The maximum absolute atomic E-state index is 12.4. The smallest absolute Gasteiger partial charge is 0.225 e. The lowest BCUT2D eigenvalue weighted by Crippen LogP contribution is -2.42. The summed E-state index contributed by atoms with van der Waals surface area (Å²) in [5.41, 5.74) is 6.02. The number of rotatable bonds is 2. The van der Waals surface area contributed by atoms with Crippen molar-refractivity contribution in [1.82, 2.24) is 4.90 Å². The zero-order valence-electron chi connectivity index (χ0n) is 11.0. The van der Waals surface area contributed by atoms with Gasteiger partial charge >= 0.3 is 0 Å². The number of hydrogen-bond donors (Lipinski definition) is 1. The number of hydrogen-bond acceptors (Lipinski definition) is 2. The van der Waals surface area contributed by atoms with Crippen molar-refractivity contribution in [3.8, 4) is 0 Å². The van der Waals surface area contributed by atoms with Crippen LogP contribution in [0.2, 0.25) is 0 Å². The normalized spacial score (nSPS) is 32.2. The van der Waals surface area contributed by atoms with Gasteiger partial charge in [-0.2, -0.15) is 0 Å². The summed E-state index contributed by atoms with van der Waals surface area (Å²) in [6, 6.07) is 0.324. The highest BCUT2D eigenvalue weighted by atomic mass is 16.2. The second-order valence-electron chi connectivity index (χ2n) is 5.86. The molecular weight excluding hydrogens is 212 g/mol. The third-order valence-electron chi connectivity index (χ3n) is 4.52. The highest BCUT2D eigenvalue weighted by Gasteiger charge is 2.31. The minimum atomic E-state index is 0.180. The third-order valence-corrected chi connectivity index (χ3v) is 4.52. The highest BCUT2D eigenvalue weighted by molar-refractivity contribution is 5.78. The van der Waals surface area contributed by atoms with Gasteiger partial charge in [-0.15, -0.1) is 0 Å². The molecule has 2 aliphatic rings. The van der Waals surface area contributed by atoms with Gasteiger partial charge in [0, 0.05) is 25.0 Å². The monoisotopic (exact) mass is 238 g/mol. The van der Waals surface area contributed by atoms with Crippen LogP contribution in [0.1, 0.15) is 51.9 Å². The van der Waals surface area contributed by atoms with E-state index in [0.717, 1.165) is 25.9 Å². The largest absolute Gasteiger partial charge is 0.342 e. The zero-order valence-corrected chi connectivity index (χ0v) is 11.0. The number of amides is 1. The Kier molecular flexibility index (Phi) is 4.43. The van der Waals surface area contributed by atoms with Crippen molar-refractivity contribution in [3.05, 3.63) is 0 Å². The molecule has 98 valence electrons. The molecular formula is C14H26N2O. The molecule has 1 saturated heterocycles. The number of likely N-dealkylation sites (tertiary alicyclic amines) is 1. The molecule has 2 fully saturated rings. The third kappa shape index (κ3) is 3.21. The van der Waals surface area contributed by atoms with Gasteiger partial charge in [0.05, 0.1) is 0 Å². The van der Waals surface area contributed by atoms with E-state index >= 15 is 0 Å². The second-order valence-corrected chi connectivity index (χ2v) is 5.86. The van der Waals surface area contributed by atoms with Crippen molar-refractivity contribution in [2.75, 3.05) is 13.1 Å². The molecule has 2 N–H and O–H groups in total.